The second kappa shape index (κ2) is 9.02. The molecule has 1 atom stereocenters. The highest BCUT2D eigenvalue weighted by atomic mass is 16.6. The van der Waals surface area contributed by atoms with E-state index in [9.17, 15) is 4.79 Å². The summed E-state index contributed by atoms with van der Waals surface area (Å²) in [5.41, 5.74) is 1.05. The molecule has 7 heteroatoms. The van der Waals surface area contributed by atoms with Crippen LogP contribution in [0, 0.1) is 0 Å². The lowest BCUT2D eigenvalue weighted by Gasteiger charge is -2.26. The molecule has 1 aliphatic heterocycles. The summed E-state index contributed by atoms with van der Waals surface area (Å²) in [4.78, 5) is 12.0. The Balaban J connectivity index is 1.39. The minimum Gasteiger partial charge on any atom is -0.493 e. The molecule has 0 radical (unpaired) electrons. The predicted octanol–water partition coefficient (Wildman–Crippen LogP) is 2.39. The molecule has 2 aromatic carbocycles. The summed E-state index contributed by atoms with van der Waals surface area (Å²) >= 11 is 0. The van der Waals surface area contributed by atoms with Gasteiger partial charge in [-0.15, -0.1) is 0 Å². The van der Waals surface area contributed by atoms with E-state index in [-0.39, 0.29) is 12.1 Å². The normalized spacial score (nSPS) is 15.0. The number of hydrogen-bond donors (Lipinski definition) is 2. The molecule has 3 rings (SSSR count). The minimum absolute atomic E-state index is 0.212. The molecule has 27 heavy (non-hydrogen) atoms. The van der Waals surface area contributed by atoms with Crippen LogP contribution in [0.4, 0.5) is 4.79 Å². The van der Waals surface area contributed by atoms with Gasteiger partial charge in [0.15, 0.2) is 29.1 Å². The highest BCUT2D eigenvalue weighted by molar-refractivity contribution is 5.73. The number of urea groups is 1. The molecule has 1 aliphatic rings. The summed E-state index contributed by atoms with van der Waals surface area (Å²) in [5.74, 6) is 2.79. The van der Waals surface area contributed by atoms with Crippen LogP contribution in [0.1, 0.15) is 5.56 Å². The molecule has 0 fully saturated rings. The van der Waals surface area contributed by atoms with Crippen LogP contribution in [0.5, 0.6) is 23.0 Å². The lowest BCUT2D eigenvalue weighted by atomic mass is 10.1. The number of methoxy groups -OCH3 is 2. The highest BCUT2D eigenvalue weighted by Gasteiger charge is 2.20. The van der Waals surface area contributed by atoms with E-state index < -0.39 is 0 Å². The van der Waals surface area contributed by atoms with Gasteiger partial charge in [-0.3, -0.25) is 0 Å². The third-order valence-corrected chi connectivity index (χ3v) is 4.20. The van der Waals surface area contributed by atoms with Crippen LogP contribution in [0.25, 0.3) is 0 Å². The third kappa shape index (κ3) is 4.97. The Morgan fingerprint density at radius 1 is 1.07 bits per heavy atom. The molecule has 2 amide bonds. The maximum Gasteiger partial charge on any atom is 0.314 e. The summed E-state index contributed by atoms with van der Waals surface area (Å²) in [7, 11) is 3.20. The topological polar surface area (TPSA) is 78.1 Å². The molecular weight excluding hydrogens is 348 g/mol. The summed E-state index contributed by atoms with van der Waals surface area (Å²) in [6, 6.07) is 13.0. The molecular formula is C20H24N2O5. The number of amides is 2. The molecule has 1 heterocycles. The van der Waals surface area contributed by atoms with Crippen molar-refractivity contribution in [2.45, 2.75) is 12.5 Å². The number of carbonyl (C=O) groups is 1. The van der Waals surface area contributed by atoms with E-state index in [1.807, 2.05) is 42.5 Å². The van der Waals surface area contributed by atoms with Crippen molar-refractivity contribution in [2.24, 2.45) is 0 Å². The van der Waals surface area contributed by atoms with Gasteiger partial charge in [-0.2, -0.15) is 0 Å². The lowest BCUT2D eigenvalue weighted by Crippen LogP contribution is -2.44. The van der Waals surface area contributed by atoms with E-state index in [0.717, 1.165) is 11.3 Å². The maximum absolute atomic E-state index is 12.0. The van der Waals surface area contributed by atoms with Gasteiger partial charge in [-0.05, 0) is 36.2 Å². The predicted molar refractivity (Wildman–Crippen MR) is 101 cm³/mol. The summed E-state index contributed by atoms with van der Waals surface area (Å²) in [5, 5.41) is 5.65. The Bertz CT molecular complexity index is 781. The number of rotatable bonds is 7. The first-order valence-electron chi connectivity index (χ1n) is 8.80. The molecule has 2 aromatic rings. The van der Waals surface area contributed by atoms with Crippen molar-refractivity contribution >= 4 is 6.03 Å². The quantitative estimate of drug-likeness (QED) is 0.780. The van der Waals surface area contributed by atoms with E-state index >= 15 is 0 Å². The second-order valence-corrected chi connectivity index (χ2v) is 6.07. The van der Waals surface area contributed by atoms with Crippen LogP contribution >= 0.6 is 0 Å². The number of para-hydroxylation sites is 2. The molecule has 0 unspecified atom stereocenters. The first-order valence-corrected chi connectivity index (χ1v) is 8.80. The molecule has 7 nitrogen and oxygen atoms in total. The average Bonchev–Trinajstić information content (AvgIpc) is 2.72. The number of ether oxygens (including phenoxy) is 4. The van der Waals surface area contributed by atoms with Crippen LogP contribution in [-0.2, 0) is 6.42 Å². The van der Waals surface area contributed by atoms with Crippen molar-refractivity contribution < 1.29 is 23.7 Å². The first-order chi connectivity index (χ1) is 13.2. The Kier molecular flexibility index (Phi) is 6.25. The van der Waals surface area contributed by atoms with Crippen LogP contribution in [0.15, 0.2) is 42.5 Å². The van der Waals surface area contributed by atoms with Gasteiger partial charge in [0.05, 0.1) is 20.8 Å². The van der Waals surface area contributed by atoms with Gasteiger partial charge in [0, 0.05) is 6.54 Å². The van der Waals surface area contributed by atoms with Crippen molar-refractivity contribution in [1.82, 2.24) is 10.6 Å². The van der Waals surface area contributed by atoms with Crippen molar-refractivity contribution in [3.05, 3.63) is 48.0 Å². The number of hydrogen-bond acceptors (Lipinski definition) is 5. The van der Waals surface area contributed by atoms with Gasteiger partial charge >= 0.3 is 6.03 Å². The van der Waals surface area contributed by atoms with E-state index in [0.29, 0.717) is 43.4 Å². The van der Waals surface area contributed by atoms with Gasteiger partial charge in [-0.25, -0.2) is 4.79 Å². The minimum atomic E-state index is -0.238. The van der Waals surface area contributed by atoms with Crippen molar-refractivity contribution in [3.8, 4) is 23.0 Å². The van der Waals surface area contributed by atoms with Gasteiger partial charge in [-0.1, -0.05) is 18.2 Å². The van der Waals surface area contributed by atoms with Gasteiger partial charge in [0.25, 0.3) is 0 Å². The first kappa shape index (κ1) is 18.7. The second-order valence-electron chi connectivity index (χ2n) is 6.07. The van der Waals surface area contributed by atoms with E-state index in [4.69, 9.17) is 18.9 Å². The molecule has 2 N–H and O–H groups in total. The van der Waals surface area contributed by atoms with Crippen LogP contribution < -0.4 is 29.6 Å². The number of benzene rings is 2. The van der Waals surface area contributed by atoms with Gasteiger partial charge in [0.2, 0.25) is 0 Å². The summed E-state index contributed by atoms with van der Waals surface area (Å²) in [6.07, 6.45) is 0.473. The third-order valence-electron chi connectivity index (χ3n) is 4.20. The van der Waals surface area contributed by atoms with Gasteiger partial charge < -0.3 is 29.6 Å². The fourth-order valence-corrected chi connectivity index (χ4v) is 2.79. The zero-order valence-electron chi connectivity index (χ0n) is 15.5. The molecule has 0 saturated heterocycles. The number of nitrogens with one attached hydrogen (secondary N) is 2. The monoisotopic (exact) mass is 372 g/mol. The smallest absolute Gasteiger partial charge is 0.314 e. The van der Waals surface area contributed by atoms with E-state index in [2.05, 4.69) is 10.6 Å². The Hall–Kier alpha value is -3.09. The Morgan fingerprint density at radius 2 is 1.85 bits per heavy atom. The summed E-state index contributed by atoms with van der Waals surface area (Å²) in [6.45, 7) is 1.28. The zero-order chi connectivity index (χ0) is 19.1. The number of carbonyl (C=O) groups excluding carboxylic acids is 1. The summed E-state index contributed by atoms with van der Waals surface area (Å²) < 4.78 is 21.9. The SMILES string of the molecule is COc1ccc(CCNC(=O)NC[C@H]2COc3ccccc3O2)cc1OC. The molecule has 0 bridgehead atoms. The molecule has 144 valence electrons. The molecule has 0 aliphatic carbocycles. The standard InChI is InChI=1S/C20H24N2O5/c1-24-16-8-7-14(11-19(16)25-2)9-10-21-20(23)22-12-15-13-26-17-5-3-4-6-18(17)27-15/h3-8,11,15H,9-10,12-13H2,1-2H3,(H2,21,22,23)/t15-/m0/s1. The average molecular weight is 372 g/mol. The van der Waals surface area contributed by atoms with Gasteiger partial charge in [0.1, 0.15) is 6.61 Å². The molecule has 0 aromatic heterocycles. The molecule has 0 saturated carbocycles. The van der Waals surface area contributed by atoms with Crippen molar-refractivity contribution in [3.63, 3.8) is 0 Å². The van der Waals surface area contributed by atoms with E-state index in [1.54, 1.807) is 14.2 Å². The fraction of sp³-hybridized carbons (Fsp3) is 0.350. The van der Waals surface area contributed by atoms with Crippen LogP contribution in [0.2, 0.25) is 0 Å². The van der Waals surface area contributed by atoms with Crippen molar-refractivity contribution in [1.29, 1.82) is 0 Å². The van der Waals surface area contributed by atoms with E-state index in [1.165, 1.54) is 0 Å². The molecule has 0 spiro atoms. The lowest BCUT2D eigenvalue weighted by molar-refractivity contribution is 0.0918. The van der Waals surface area contributed by atoms with Crippen LogP contribution in [0.3, 0.4) is 0 Å². The van der Waals surface area contributed by atoms with Crippen molar-refractivity contribution in [2.75, 3.05) is 33.9 Å². The van der Waals surface area contributed by atoms with Crippen LogP contribution in [-0.4, -0.2) is 46.1 Å². The zero-order valence-corrected chi connectivity index (χ0v) is 15.5. The Morgan fingerprint density at radius 3 is 2.63 bits per heavy atom. The largest absolute Gasteiger partial charge is 0.493 e. The highest BCUT2D eigenvalue weighted by Crippen LogP contribution is 2.30. The fourth-order valence-electron chi connectivity index (χ4n) is 2.79. The maximum atomic E-state index is 12.0. The number of fused-ring (bicyclic) bond motifs is 1. The Labute approximate surface area is 158 Å².